The maximum atomic E-state index is 12.5. The fourth-order valence-corrected chi connectivity index (χ4v) is 3.31. The zero-order valence-corrected chi connectivity index (χ0v) is 14.3. The van der Waals surface area contributed by atoms with E-state index in [1.807, 2.05) is 24.4 Å². The number of hydrogen-bond acceptors (Lipinski definition) is 5. The summed E-state index contributed by atoms with van der Waals surface area (Å²) in [5.41, 5.74) is -0.496. The highest BCUT2D eigenvalue weighted by Crippen LogP contribution is 2.17. The molecular formula is C15H17N5O3S. The van der Waals surface area contributed by atoms with Crippen molar-refractivity contribution in [1.82, 2.24) is 24.0 Å². The highest BCUT2D eigenvalue weighted by Gasteiger charge is 2.18. The maximum Gasteiger partial charge on any atom is 0.332 e. The van der Waals surface area contributed by atoms with Gasteiger partial charge in [-0.3, -0.25) is 14.2 Å². The number of carbonyl (C=O) groups excluding carboxylic acids is 1. The Bertz CT molecular complexity index is 1010. The molecule has 0 saturated carbocycles. The second kappa shape index (κ2) is 6.08. The number of aromatic nitrogens is 4. The van der Waals surface area contributed by atoms with E-state index < -0.39 is 17.2 Å². The molecular weight excluding hydrogens is 330 g/mol. The van der Waals surface area contributed by atoms with E-state index >= 15 is 0 Å². The lowest BCUT2D eigenvalue weighted by Crippen LogP contribution is -2.43. The van der Waals surface area contributed by atoms with Crippen molar-refractivity contribution in [1.29, 1.82) is 0 Å². The summed E-state index contributed by atoms with van der Waals surface area (Å²) in [4.78, 5) is 42.2. The molecule has 0 aliphatic rings. The van der Waals surface area contributed by atoms with Gasteiger partial charge in [-0.05, 0) is 18.4 Å². The topological polar surface area (TPSA) is 90.9 Å². The third kappa shape index (κ3) is 2.67. The lowest BCUT2D eigenvalue weighted by molar-refractivity contribution is -0.122. The summed E-state index contributed by atoms with van der Waals surface area (Å²) >= 11 is 1.53. The molecule has 0 bridgehead atoms. The van der Waals surface area contributed by atoms with E-state index in [0.29, 0.717) is 5.65 Å². The van der Waals surface area contributed by atoms with Crippen molar-refractivity contribution in [2.45, 2.75) is 19.5 Å². The molecule has 126 valence electrons. The van der Waals surface area contributed by atoms with E-state index in [-0.39, 0.29) is 18.1 Å². The third-order valence-corrected chi connectivity index (χ3v) is 4.91. The summed E-state index contributed by atoms with van der Waals surface area (Å²) in [6.45, 7) is 1.53. The molecule has 3 aromatic rings. The van der Waals surface area contributed by atoms with Crippen LogP contribution in [0.1, 0.15) is 17.8 Å². The van der Waals surface area contributed by atoms with Gasteiger partial charge in [0.25, 0.3) is 5.56 Å². The minimum atomic E-state index is -0.565. The molecule has 0 saturated heterocycles. The first-order valence-corrected chi connectivity index (χ1v) is 8.21. The molecule has 0 aliphatic heterocycles. The molecule has 1 N–H and O–H groups in total. The first kappa shape index (κ1) is 16.2. The first-order chi connectivity index (χ1) is 11.4. The summed E-state index contributed by atoms with van der Waals surface area (Å²) in [6, 6.07) is 3.64. The van der Waals surface area contributed by atoms with Gasteiger partial charge in [-0.1, -0.05) is 6.07 Å². The van der Waals surface area contributed by atoms with Gasteiger partial charge in [0.1, 0.15) is 6.54 Å². The van der Waals surface area contributed by atoms with E-state index in [9.17, 15) is 14.4 Å². The van der Waals surface area contributed by atoms with Gasteiger partial charge >= 0.3 is 5.69 Å². The zero-order chi connectivity index (χ0) is 17.4. The number of amides is 1. The number of imidazole rings is 1. The van der Waals surface area contributed by atoms with Crippen molar-refractivity contribution < 1.29 is 4.79 Å². The van der Waals surface area contributed by atoms with E-state index in [1.54, 1.807) is 11.6 Å². The van der Waals surface area contributed by atoms with Gasteiger partial charge in [0.2, 0.25) is 5.91 Å². The van der Waals surface area contributed by atoms with Crippen LogP contribution in [0.5, 0.6) is 0 Å². The maximum absolute atomic E-state index is 12.5. The van der Waals surface area contributed by atoms with Gasteiger partial charge in [0, 0.05) is 19.0 Å². The fraction of sp³-hybridized carbons (Fsp3) is 0.333. The SMILES string of the molecule is C[C@@H](NC(=O)Cn1c(=O)c2c(ncn2C)n(C)c1=O)c1cccs1. The minimum Gasteiger partial charge on any atom is -0.347 e. The smallest absolute Gasteiger partial charge is 0.332 e. The molecule has 1 amide bonds. The molecule has 3 aromatic heterocycles. The largest absolute Gasteiger partial charge is 0.347 e. The van der Waals surface area contributed by atoms with Crippen LogP contribution in [0.15, 0.2) is 33.4 Å². The fourth-order valence-electron chi connectivity index (χ4n) is 2.58. The highest BCUT2D eigenvalue weighted by molar-refractivity contribution is 7.10. The summed E-state index contributed by atoms with van der Waals surface area (Å²) in [5.74, 6) is -0.392. The monoisotopic (exact) mass is 347 g/mol. The van der Waals surface area contributed by atoms with Crippen LogP contribution >= 0.6 is 11.3 Å². The molecule has 9 heteroatoms. The average Bonchev–Trinajstić information content (AvgIpc) is 3.19. The van der Waals surface area contributed by atoms with Crippen LogP contribution in [0, 0.1) is 0 Å². The highest BCUT2D eigenvalue weighted by atomic mass is 32.1. The second-order valence-electron chi connectivity index (χ2n) is 5.57. The Morgan fingerprint density at radius 1 is 1.38 bits per heavy atom. The molecule has 1 atom stereocenters. The van der Waals surface area contributed by atoms with Crippen LogP contribution in [-0.4, -0.2) is 24.6 Å². The van der Waals surface area contributed by atoms with Crippen LogP contribution in [-0.2, 0) is 25.4 Å². The molecule has 24 heavy (non-hydrogen) atoms. The molecule has 3 rings (SSSR count). The number of thiophene rings is 1. The number of fused-ring (bicyclic) bond motifs is 1. The molecule has 0 radical (unpaired) electrons. The average molecular weight is 347 g/mol. The van der Waals surface area contributed by atoms with Crippen LogP contribution < -0.4 is 16.6 Å². The normalized spacial score (nSPS) is 12.5. The van der Waals surface area contributed by atoms with Crippen molar-refractivity contribution in [3.63, 3.8) is 0 Å². The predicted molar refractivity (Wildman–Crippen MR) is 91.1 cm³/mol. The molecule has 0 spiro atoms. The Kier molecular flexibility index (Phi) is 4.10. The van der Waals surface area contributed by atoms with Crippen molar-refractivity contribution in [3.05, 3.63) is 49.6 Å². The summed E-state index contributed by atoms with van der Waals surface area (Å²) in [7, 11) is 3.20. The van der Waals surface area contributed by atoms with Gasteiger partial charge < -0.3 is 9.88 Å². The first-order valence-electron chi connectivity index (χ1n) is 7.33. The van der Waals surface area contributed by atoms with Crippen molar-refractivity contribution >= 4 is 28.4 Å². The molecule has 0 fully saturated rings. The minimum absolute atomic E-state index is 0.183. The van der Waals surface area contributed by atoms with Gasteiger partial charge in [-0.2, -0.15) is 0 Å². The molecule has 8 nitrogen and oxygen atoms in total. The Balaban J connectivity index is 1.93. The molecule has 0 aliphatic carbocycles. The number of nitrogens with zero attached hydrogens (tertiary/aromatic N) is 4. The van der Waals surface area contributed by atoms with E-state index in [4.69, 9.17) is 0 Å². The number of carbonyl (C=O) groups is 1. The van der Waals surface area contributed by atoms with Gasteiger partial charge in [-0.25, -0.2) is 14.3 Å². The molecule has 0 aromatic carbocycles. The Hall–Kier alpha value is -2.68. The van der Waals surface area contributed by atoms with E-state index in [0.717, 1.165) is 9.44 Å². The lowest BCUT2D eigenvalue weighted by atomic mass is 10.3. The summed E-state index contributed by atoms with van der Waals surface area (Å²) in [6.07, 6.45) is 1.47. The van der Waals surface area contributed by atoms with Gasteiger partial charge in [0.15, 0.2) is 11.2 Å². The quantitative estimate of drug-likeness (QED) is 0.738. The van der Waals surface area contributed by atoms with E-state index in [2.05, 4.69) is 10.3 Å². The summed E-state index contributed by atoms with van der Waals surface area (Å²) < 4.78 is 3.74. The molecule has 0 unspecified atom stereocenters. The second-order valence-corrected chi connectivity index (χ2v) is 6.54. The van der Waals surface area contributed by atoms with Crippen molar-refractivity contribution in [3.8, 4) is 0 Å². The third-order valence-electron chi connectivity index (χ3n) is 3.85. The van der Waals surface area contributed by atoms with Gasteiger partial charge in [-0.15, -0.1) is 11.3 Å². The van der Waals surface area contributed by atoms with Crippen LogP contribution in [0.3, 0.4) is 0 Å². The predicted octanol–water partition coefficient (Wildman–Crippen LogP) is 0.373. The lowest BCUT2D eigenvalue weighted by Gasteiger charge is -2.13. The van der Waals surface area contributed by atoms with Crippen molar-refractivity contribution in [2.75, 3.05) is 0 Å². The van der Waals surface area contributed by atoms with Crippen LogP contribution in [0.4, 0.5) is 0 Å². The Morgan fingerprint density at radius 3 is 2.79 bits per heavy atom. The Labute approximate surface area is 141 Å². The van der Waals surface area contributed by atoms with Crippen molar-refractivity contribution in [2.24, 2.45) is 14.1 Å². The Morgan fingerprint density at radius 2 is 2.12 bits per heavy atom. The zero-order valence-electron chi connectivity index (χ0n) is 13.5. The standard InChI is InChI=1S/C15H17N5O3S/c1-9(10-5-4-6-24-10)17-11(21)7-20-14(22)12-13(16-8-18(12)2)19(3)15(20)23/h4-6,8-9H,7H2,1-3H3,(H,17,21)/t9-/m1/s1. The van der Waals surface area contributed by atoms with Gasteiger partial charge in [0.05, 0.1) is 12.4 Å². The van der Waals surface area contributed by atoms with Crippen LogP contribution in [0.2, 0.25) is 0 Å². The van der Waals surface area contributed by atoms with E-state index in [1.165, 1.54) is 29.3 Å². The van der Waals surface area contributed by atoms with Crippen LogP contribution in [0.25, 0.3) is 11.2 Å². The number of nitrogens with one attached hydrogen (secondary N) is 1. The number of rotatable bonds is 4. The number of aryl methyl sites for hydroxylation is 2. The molecule has 3 heterocycles. The summed E-state index contributed by atoms with van der Waals surface area (Å²) in [5, 5.41) is 4.73. The number of hydrogen-bond donors (Lipinski definition) is 1.